The number of urea groups is 1. The minimum Gasteiger partial charge on any atom is -0.370 e. The molecule has 0 atom stereocenters. The summed E-state index contributed by atoms with van der Waals surface area (Å²) >= 11 is 0. The number of rotatable bonds is 6. The van der Waals surface area contributed by atoms with Gasteiger partial charge in [-0.3, -0.25) is 0 Å². The molecule has 2 amide bonds. The highest BCUT2D eigenvalue weighted by Crippen LogP contribution is 2.37. The van der Waals surface area contributed by atoms with E-state index in [2.05, 4.69) is 55.3 Å². The molecule has 0 aliphatic heterocycles. The van der Waals surface area contributed by atoms with Gasteiger partial charge in [-0.05, 0) is 65.9 Å². The molecule has 5 rings (SSSR count). The number of tetrazole rings is 1. The number of benzene rings is 3. The van der Waals surface area contributed by atoms with Crippen molar-refractivity contribution in [2.75, 3.05) is 22.6 Å². The van der Waals surface area contributed by atoms with Gasteiger partial charge in [-0.25, -0.2) is 4.79 Å². The van der Waals surface area contributed by atoms with Crippen LogP contribution in [0.25, 0.3) is 22.5 Å². The Bertz CT molecular complexity index is 1330. The van der Waals surface area contributed by atoms with Crippen LogP contribution in [0.3, 0.4) is 0 Å². The van der Waals surface area contributed by atoms with Crippen molar-refractivity contribution >= 4 is 23.1 Å². The maximum absolute atomic E-state index is 13.1. The van der Waals surface area contributed by atoms with Gasteiger partial charge in [-0.2, -0.15) is 5.21 Å². The monoisotopic (exact) mass is 481 g/mol. The van der Waals surface area contributed by atoms with E-state index in [9.17, 15) is 4.79 Å². The Hall–Kier alpha value is -4.20. The van der Waals surface area contributed by atoms with E-state index in [1.54, 1.807) is 0 Å². The summed E-state index contributed by atoms with van der Waals surface area (Å²) in [6.07, 6.45) is 6.09. The lowest BCUT2D eigenvalue weighted by Gasteiger charge is -2.34. The summed E-state index contributed by atoms with van der Waals surface area (Å²) in [5, 5.41) is 20.7. The lowest BCUT2D eigenvalue weighted by atomic mass is 9.93. The van der Waals surface area contributed by atoms with Crippen LogP contribution in [-0.2, 0) is 0 Å². The molecule has 184 valence electrons. The lowest BCUT2D eigenvalue weighted by Crippen LogP contribution is -2.34. The second kappa shape index (κ2) is 10.6. The van der Waals surface area contributed by atoms with E-state index in [1.807, 2.05) is 61.5 Å². The summed E-state index contributed by atoms with van der Waals surface area (Å²) in [4.78, 5) is 15.4. The van der Waals surface area contributed by atoms with E-state index >= 15 is 0 Å². The zero-order chi connectivity index (χ0) is 24.9. The van der Waals surface area contributed by atoms with Gasteiger partial charge in [0.25, 0.3) is 0 Å². The molecule has 1 heterocycles. The average Bonchev–Trinajstić information content (AvgIpc) is 3.44. The zero-order valence-electron chi connectivity index (χ0n) is 20.7. The van der Waals surface area contributed by atoms with Crippen molar-refractivity contribution in [1.29, 1.82) is 0 Å². The molecular weight excluding hydrogens is 450 g/mol. The fourth-order valence-electron chi connectivity index (χ4n) is 4.99. The van der Waals surface area contributed by atoms with E-state index in [4.69, 9.17) is 0 Å². The predicted molar refractivity (Wildman–Crippen MR) is 144 cm³/mol. The molecule has 36 heavy (non-hydrogen) atoms. The summed E-state index contributed by atoms with van der Waals surface area (Å²) in [5.74, 6) is 0.528. The molecule has 0 radical (unpaired) electrons. The Morgan fingerprint density at radius 1 is 0.944 bits per heavy atom. The molecule has 3 N–H and O–H groups in total. The van der Waals surface area contributed by atoms with Gasteiger partial charge in [-0.1, -0.05) is 61.7 Å². The highest BCUT2D eigenvalue weighted by molar-refractivity contribution is 6.02. The normalized spacial score (nSPS) is 13.8. The van der Waals surface area contributed by atoms with Gasteiger partial charge >= 0.3 is 6.03 Å². The molecule has 1 aromatic heterocycles. The summed E-state index contributed by atoms with van der Waals surface area (Å²) in [6.45, 7) is 2.00. The van der Waals surface area contributed by atoms with Gasteiger partial charge in [0.15, 0.2) is 0 Å². The van der Waals surface area contributed by atoms with Crippen LogP contribution in [0.1, 0.15) is 37.7 Å². The SMILES string of the molecule is Cc1cccc(NC(=O)Nc2cc(-c3ccccc3-c3nn[nH]n3)ccc2N(C)C2CCCCC2)c1. The molecule has 1 saturated carbocycles. The van der Waals surface area contributed by atoms with Crippen molar-refractivity contribution in [3.8, 4) is 22.5 Å². The number of hydrogen-bond donors (Lipinski definition) is 3. The molecule has 8 nitrogen and oxygen atoms in total. The number of aryl methyl sites for hydroxylation is 1. The summed E-state index contributed by atoms with van der Waals surface area (Å²) in [7, 11) is 2.13. The maximum Gasteiger partial charge on any atom is 0.323 e. The van der Waals surface area contributed by atoms with E-state index in [1.165, 1.54) is 19.3 Å². The van der Waals surface area contributed by atoms with Crippen molar-refractivity contribution in [2.24, 2.45) is 0 Å². The number of carbonyl (C=O) groups excluding carboxylic acids is 1. The van der Waals surface area contributed by atoms with Crippen LogP contribution < -0.4 is 15.5 Å². The number of hydrogen-bond acceptors (Lipinski definition) is 5. The Labute approximate surface area is 211 Å². The molecule has 1 fully saturated rings. The molecular formula is C28H31N7O. The number of aromatic nitrogens is 4. The minimum absolute atomic E-state index is 0.275. The van der Waals surface area contributed by atoms with Crippen molar-refractivity contribution in [3.63, 3.8) is 0 Å². The first-order valence-electron chi connectivity index (χ1n) is 12.4. The van der Waals surface area contributed by atoms with E-state index < -0.39 is 0 Å². The van der Waals surface area contributed by atoms with Crippen LogP contribution in [0, 0.1) is 6.92 Å². The number of carbonyl (C=O) groups is 1. The highest BCUT2D eigenvalue weighted by atomic mass is 16.2. The maximum atomic E-state index is 13.1. The number of amides is 2. The zero-order valence-corrected chi connectivity index (χ0v) is 20.7. The topological polar surface area (TPSA) is 98.8 Å². The third-order valence-corrected chi connectivity index (χ3v) is 6.85. The summed E-state index contributed by atoms with van der Waals surface area (Å²) in [5.41, 5.74) is 6.40. The van der Waals surface area contributed by atoms with Gasteiger partial charge in [0.05, 0.1) is 11.4 Å². The highest BCUT2D eigenvalue weighted by Gasteiger charge is 2.22. The fraction of sp³-hybridized carbons (Fsp3) is 0.286. The number of H-pyrrole nitrogens is 1. The Morgan fingerprint density at radius 2 is 1.75 bits per heavy atom. The second-order valence-electron chi connectivity index (χ2n) is 9.36. The van der Waals surface area contributed by atoms with E-state index in [0.717, 1.165) is 52.2 Å². The second-order valence-corrected chi connectivity index (χ2v) is 9.36. The van der Waals surface area contributed by atoms with Crippen LogP contribution >= 0.6 is 0 Å². The van der Waals surface area contributed by atoms with Crippen molar-refractivity contribution in [3.05, 3.63) is 72.3 Å². The number of nitrogens with zero attached hydrogens (tertiary/aromatic N) is 4. The van der Waals surface area contributed by atoms with Crippen LogP contribution in [-0.4, -0.2) is 39.7 Å². The molecule has 1 aliphatic carbocycles. The van der Waals surface area contributed by atoms with Gasteiger partial charge in [0.1, 0.15) is 0 Å². The average molecular weight is 482 g/mol. The molecule has 0 bridgehead atoms. The van der Waals surface area contributed by atoms with E-state index in [-0.39, 0.29) is 6.03 Å². The van der Waals surface area contributed by atoms with Crippen LogP contribution in [0.5, 0.6) is 0 Å². The van der Waals surface area contributed by atoms with Crippen LogP contribution in [0.2, 0.25) is 0 Å². The van der Waals surface area contributed by atoms with Crippen LogP contribution in [0.15, 0.2) is 66.7 Å². The lowest BCUT2D eigenvalue weighted by molar-refractivity contribution is 0.262. The molecule has 0 spiro atoms. The molecule has 0 saturated heterocycles. The van der Waals surface area contributed by atoms with Crippen molar-refractivity contribution < 1.29 is 4.79 Å². The van der Waals surface area contributed by atoms with Gasteiger partial charge in [-0.15, -0.1) is 10.2 Å². The van der Waals surface area contributed by atoms with Gasteiger partial charge in [0, 0.05) is 24.3 Å². The standard InChI is InChI=1S/C28H31N7O/c1-19-9-8-10-21(17-19)29-28(36)30-25-18-20(15-16-26(25)35(2)22-11-4-3-5-12-22)23-13-6-7-14-24(23)27-31-33-34-32-27/h6-10,13-18,22H,3-5,11-12H2,1-2H3,(H2,29,30,36)(H,31,32,33,34). The molecule has 1 aliphatic rings. The van der Waals surface area contributed by atoms with Gasteiger partial charge in [0.2, 0.25) is 5.82 Å². The first-order chi connectivity index (χ1) is 17.6. The molecule has 8 heteroatoms. The minimum atomic E-state index is -0.275. The smallest absolute Gasteiger partial charge is 0.323 e. The van der Waals surface area contributed by atoms with E-state index in [0.29, 0.717) is 11.9 Å². The predicted octanol–water partition coefficient (Wildman–Crippen LogP) is 6.26. The Kier molecular flexibility index (Phi) is 6.93. The first kappa shape index (κ1) is 23.5. The largest absolute Gasteiger partial charge is 0.370 e. The number of nitrogens with one attached hydrogen (secondary N) is 3. The third-order valence-electron chi connectivity index (χ3n) is 6.85. The first-order valence-corrected chi connectivity index (χ1v) is 12.4. The van der Waals surface area contributed by atoms with Gasteiger partial charge < -0.3 is 15.5 Å². The van der Waals surface area contributed by atoms with Crippen LogP contribution in [0.4, 0.5) is 21.9 Å². The Morgan fingerprint density at radius 3 is 2.50 bits per heavy atom. The van der Waals surface area contributed by atoms with Crippen molar-refractivity contribution in [1.82, 2.24) is 20.6 Å². The molecule has 4 aromatic rings. The molecule has 0 unspecified atom stereocenters. The Balaban J connectivity index is 1.50. The number of aromatic amines is 1. The fourth-order valence-corrected chi connectivity index (χ4v) is 4.99. The van der Waals surface area contributed by atoms with Crippen molar-refractivity contribution in [2.45, 2.75) is 45.1 Å². The number of anilines is 3. The summed E-state index contributed by atoms with van der Waals surface area (Å²) in [6, 6.07) is 22.1. The third kappa shape index (κ3) is 5.22. The summed E-state index contributed by atoms with van der Waals surface area (Å²) < 4.78 is 0. The molecule has 3 aromatic carbocycles. The quantitative estimate of drug-likeness (QED) is 0.302.